The Kier molecular flexibility index (Phi) is 4.80. The number of aldehydes is 1. The molecule has 0 bridgehead atoms. The van der Waals surface area contributed by atoms with Gasteiger partial charge in [-0.05, 0) is 46.5 Å². The van der Waals surface area contributed by atoms with Crippen LogP contribution >= 0.6 is 15.9 Å². The normalized spacial score (nSPS) is 10.0. The van der Waals surface area contributed by atoms with Crippen LogP contribution in [0.15, 0.2) is 10.5 Å². The van der Waals surface area contributed by atoms with Crippen molar-refractivity contribution in [2.45, 2.75) is 19.8 Å². The standard InChI is InChI=1S/C12H15BrO3/c1-8-7-10(15-2)12(16-3)11(13)9(8)5-4-6-14/h6-7H,4-5H2,1-3H3. The Balaban J connectivity index is 3.23. The van der Waals surface area contributed by atoms with Crippen LogP contribution < -0.4 is 9.47 Å². The lowest BCUT2D eigenvalue weighted by molar-refractivity contribution is -0.107. The zero-order chi connectivity index (χ0) is 12.1. The van der Waals surface area contributed by atoms with Crippen molar-refractivity contribution >= 4 is 22.2 Å². The van der Waals surface area contributed by atoms with Gasteiger partial charge in [0.1, 0.15) is 6.29 Å². The minimum absolute atomic E-state index is 0.509. The lowest BCUT2D eigenvalue weighted by Gasteiger charge is -2.15. The predicted octanol–water partition coefficient (Wildman–Crippen LogP) is 2.91. The summed E-state index contributed by atoms with van der Waals surface area (Å²) in [6.45, 7) is 1.99. The van der Waals surface area contributed by atoms with Crippen LogP contribution in [0.25, 0.3) is 0 Å². The molecule has 0 saturated heterocycles. The molecule has 0 aliphatic carbocycles. The largest absolute Gasteiger partial charge is 0.493 e. The van der Waals surface area contributed by atoms with Crippen LogP contribution in [0.1, 0.15) is 17.5 Å². The number of ether oxygens (including phenoxy) is 2. The Labute approximate surface area is 104 Å². The number of carbonyl (C=O) groups excluding carboxylic acids is 1. The summed E-state index contributed by atoms with van der Waals surface area (Å²) >= 11 is 3.49. The highest BCUT2D eigenvalue weighted by atomic mass is 79.9. The maximum Gasteiger partial charge on any atom is 0.175 e. The average Bonchev–Trinajstić information content (AvgIpc) is 2.28. The molecule has 0 spiro atoms. The van der Waals surface area contributed by atoms with E-state index in [1.807, 2.05) is 13.0 Å². The molecular weight excluding hydrogens is 272 g/mol. The van der Waals surface area contributed by atoms with Crippen molar-refractivity contribution in [1.29, 1.82) is 0 Å². The van der Waals surface area contributed by atoms with E-state index in [0.717, 1.165) is 21.9 Å². The summed E-state index contributed by atoms with van der Waals surface area (Å²) in [6.07, 6.45) is 2.13. The smallest absolute Gasteiger partial charge is 0.175 e. The van der Waals surface area contributed by atoms with Gasteiger partial charge in [-0.1, -0.05) is 0 Å². The fourth-order valence-corrected chi connectivity index (χ4v) is 2.49. The van der Waals surface area contributed by atoms with Gasteiger partial charge in [-0.3, -0.25) is 0 Å². The molecule has 0 radical (unpaired) electrons. The molecule has 1 aromatic carbocycles. The molecule has 0 unspecified atom stereocenters. The van der Waals surface area contributed by atoms with E-state index >= 15 is 0 Å². The number of rotatable bonds is 5. The lowest BCUT2D eigenvalue weighted by Crippen LogP contribution is -1.99. The van der Waals surface area contributed by atoms with E-state index in [1.54, 1.807) is 14.2 Å². The van der Waals surface area contributed by atoms with Gasteiger partial charge in [-0.25, -0.2) is 0 Å². The fourth-order valence-electron chi connectivity index (χ4n) is 1.62. The van der Waals surface area contributed by atoms with E-state index in [0.29, 0.717) is 24.3 Å². The molecule has 0 aliphatic heterocycles. The Morgan fingerprint density at radius 3 is 2.56 bits per heavy atom. The highest BCUT2D eigenvalue weighted by molar-refractivity contribution is 9.10. The van der Waals surface area contributed by atoms with Gasteiger partial charge in [0.05, 0.1) is 18.7 Å². The van der Waals surface area contributed by atoms with E-state index < -0.39 is 0 Å². The first-order chi connectivity index (χ1) is 7.65. The molecule has 1 aromatic rings. The van der Waals surface area contributed by atoms with Gasteiger partial charge in [0.15, 0.2) is 11.5 Å². The Hall–Kier alpha value is -1.03. The second-order valence-corrected chi connectivity index (χ2v) is 4.22. The van der Waals surface area contributed by atoms with E-state index in [4.69, 9.17) is 9.47 Å². The number of hydrogen-bond acceptors (Lipinski definition) is 3. The van der Waals surface area contributed by atoms with Crippen molar-refractivity contribution in [3.05, 3.63) is 21.7 Å². The summed E-state index contributed by atoms with van der Waals surface area (Å²) in [6, 6.07) is 1.92. The van der Waals surface area contributed by atoms with Gasteiger partial charge < -0.3 is 14.3 Å². The average molecular weight is 287 g/mol. The van der Waals surface area contributed by atoms with Crippen molar-refractivity contribution < 1.29 is 14.3 Å². The quantitative estimate of drug-likeness (QED) is 0.781. The molecule has 0 heterocycles. The summed E-state index contributed by atoms with van der Waals surface area (Å²) in [7, 11) is 3.20. The molecule has 3 nitrogen and oxygen atoms in total. The number of hydrogen-bond donors (Lipinski definition) is 0. The molecule has 0 aliphatic rings. The van der Waals surface area contributed by atoms with E-state index in [9.17, 15) is 4.79 Å². The van der Waals surface area contributed by atoms with Crippen LogP contribution in [0.4, 0.5) is 0 Å². The van der Waals surface area contributed by atoms with Crippen molar-refractivity contribution in [3.8, 4) is 11.5 Å². The highest BCUT2D eigenvalue weighted by Gasteiger charge is 2.15. The summed E-state index contributed by atoms with van der Waals surface area (Å²) in [5.74, 6) is 1.37. The van der Waals surface area contributed by atoms with E-state index in [2.05, 4.69) is 15.9 Å². The Morgan fingerprint density at radius 2 is 2.06 bits per heavy atom. The van der Waals surface area contributed by atoms with Crippen LogP contribution in [0, 0.1) is 6.92 Å². The minimum atomic E-state index is 0.509. The van der Waals surface area contributed by atoms with Gasteiger partial charge >= 0.3 is 0 Å². The molecule has 0 atom stereocenters. The molecule has 4 heteroatoms. The minimum Gasteiger partial charge on any atom is -0.493 e. The number of methoxy groups -OCH3 is 2. The number of halogens is 1. The van der Waals surface area contributed by atoms with Crippen LogP contribution in [0.3, 0.4) is 0 Å². The van der Waals surface area contributed by atoms with Gasteiger partial charge in [-0.15, -0.1) is 0 Å². The summed E-state index contributed by atoms with van der Waals surface area (Å²) in [5, 5.41) is 0. The van der Waals surface area contributed by atoms with E-state index in [1.165, 1.54) is 0 Å². The lowest BCUT2D eigenvalue weighted by atomic mass is 10.0. The third-order valence-corrected chi connectivity index (χ3v) is 3.29. The van der Waals surface area contributed by atoms with Crippen LogP contribution in [-0.4, -0.2) is 20.5 Å². The van der Waals surface area contributed by atoms with Gasteiger partial charge in [-0.2, -0.15) is 0 Å². The second kappa shape index (κ2) is 5.89. The zero-order valence-electron chi connectivity index (χ0n) is 9.67. The summed E-state index contributed by atoms with van der Waals surface area (Å²) in [5.41, 5.74) is 2.18. The molecule has 0 fully saturated rings. The Bertz CT molecular complexity index is 388. The van der Waals surface area contributed by atoms with E-state index in [-0.39, 0.29) is 0 Å². The second-order valence-electron chi connectivity index (χ2n) is 3.43. The topological polar surface area (TPSA) is 35.5 Å². The first kappa shape index (κ1) is 13.0. The first-order valence-corrected chi connectivity index (χ1v) is 5.78. The predicted molar refractivity (Wildman–Crippen MR) is 66.4 cm³/mol. The SMILES string of the molecule is COc1cc(C)c(CCC=O)c(Br)c1OC. The Morgan fingerprint density at radius 1 is 1.38 bits per heavy atom. The molecule has 88 valence electrons. The van der Waals surface area contributed by atoms with Crippen LogP contribution in [-0.2, 0) is 11.2 Å². The third kappa shape index (κ3) is 2.55. The van der Waals surface area contributed by atoms with Gasteiger partial charge in [0.25, 0.3) is 0 Å². The molecule has 0 amide bonds. The molecule has 0 saturated carbocycles. The third-order valence-electron chi connectivity index (χ3n) is 2.45. The van der Waals surface area contributed by atoms with Crippen LogP contribution in [0.5, 0.6) is 11.5 Å². The number of benzene rings is 1. The van der Waals surface area contributed by atoms with Crippen molar-refractivity contribution in [2.75, 3.05) is 14.2 Å². The van der Waals surface area contributed by atoms with Crippen molar-refractivity contribution in [2.24, 2.45) is 0 Å². The highest BCUT2D eigenvalue weighted by Crippen LogP contribution is 2.39. The van der Waals surface area contributed by atoms with Gasteiger partial charge in [0.2, 0.25) is 0 Å². The fraction of sp³-hybridized carbons (Fsp3) is 0.417. The summed E-state index contributed by atoms with van der Waals surface area (Å²) < 4.78 is 11.4. The van der Waals surface area contributed by atoms with Gasteiger partial charge in [0, 0.05) is 6.42 Å². The maximum absolute atomic E-state index is 10.4. The zero-order valence-corrected chi connectivity index (χ0v) is 11.3. The molecule has 16 heavy (non-hydrogen) atoms. The van der Waals surface area contributed by atoms with Crippen LogP contribution in [0.2, 0.25) is 0 Å². The van der Waals surface area contributed by atoms with Crippen molar-refractivity contribution in [3.63, 3.8) is 0 Å². The number of carbonyl (C=O) groups is 1. The molecule has 1 rings (SSSR count). The summed E-state index contributed by atoms with van der Waals surface area (Å²) in [4.78, 5) is 10.4. The number of aryl methyl sites for hydroxylation is 1. The maximum atomic E-state index is 10.4. The first-order valence-electron chi connectivity index (χ1n) is 4.99. The molecule has 0 aromatic heterocycles. The molecular formula is C12H15BrO3. The monoisotopic (exact) mass is 286 g/mol. The molecule has 0 N–H and O–H groups in total. The van der Waals surface area contributed by atoms with Crippen molar-refractivity contribution in [1.82, 2.24) is 0 Å².